The number of pyridine rings is 2. The summed E-state index contributed by atoms with van der Waals surface area (Å²) in [6.07, 6.45) is 7.37. The highest BCUT2D eigenvalue weighted by molar-refractivity contribution is 5.11. The summed E-state index contributed by atoms with van der Waals surface area (Å²) in [5.41, 5.74) is 8.07. The van der Waals surface area contributed by atoms with Crippen LogP contribution in [0.4, 0.5) is 0 Å². The minimum absolute atomic E-state index is 0.653. The van der Waals surface area contributed by atoms with E-state index in [0.29, 0.717) is 6.54 Å². The zero-order valence-corrected chi connectivity index (χ0v) is 10.4. The summed E-state index contributed by atoms with van der Waals surface area (Å²) in [4.78, 5) is 10.6. The maximum atomic E-state index is 5.66. The van der Waals surface area contributed by atoms with Crippen molar-refractivity contribution in [2.75, 3.05) is 13.1 Å². The lowest BCUT2D eigenvalue weighted by Gasteiger charge is -2.21. The van der Waals surface area contributed by atoms with Gasteiger partial charge in [-0.05, 0) is 23.3 Å². The van der Waals surface area contributed by atoms with Crippen LogP contribution in [0.5, 0.6) is 0 Å². The van der Waals surface area contributed by atoms with Crippen molar-refractivity contribution in [2.45, 2.75) is 13.1 Å². The Hall–Kier alpha value is -1.78. The van der Waals surface area contributed by atoms with E-state index in [1.807, 2.05) is 24.5 Å². The fraction of sp³-hybridized carbons (Fsp3) is 0.286. The Labute approximate surface area is 107 Å². The van der Waals surface area contributed by atoms with Crippen molar-refractivity contribution < 1.29 is 0 Å². The first-order chi connectivity index (χ1) is 8.88. The molecule has 0 saturated heterocycles. The smallest absolute Gasteiger partial charge is 0.0312 e. The van der Waals surface area contributed by atoms with Gasteiger partial charge in [0.1, 0.15) is 0 Å². The van der Waals surface area contributed by atoms with E-state index in [-0.39, 0.29) is 0 Å². The number of nitrogens with two attached hydrogens (primary N) is 1. The zero-order chi connectivity index (χ0) is 12.6. The third kappa shape index (κ3) is 3.91. The third-order valence-corrected chi connectivity index (χ3v) is 2.70. The van der Waals surface area contributed by atoms with Gasteiger partial charge in [-0.25, -0.2) is 0 Å². The molecule has 2 aromatic heterocycles. The first-order valence-corrected chi connectivity index (χ1v) is 6.08. The fourth-order valence-electron chi connectivity index (χ4n) is 1.90. The van der Waals surface area contributed by atoms with Gasteiger partial charge in [-0.15, -0.1) is 0 Å². The Balaban J connectivity index is 2.00. The molecule has 0 aliphatic carbocycles. The second-order valence-electron chi connectivity index (χ2n) is 4.22. The van der Waals surface area contributed by atoms with E-state index in [9.17, 15) is 0 Å². The molecular weight excluding hydrogens is 224 g/mol. The molecule has 4 nitrogen and oxygen atoms in total. The van der Waals surface area contributed by atoms with Crippen molar-refractivity contribution in [2.24, 2.45) is 5.73 Å². The van der Waals surface area contributed by atoms with E-state index < -0.39 is 0 Å². The summed E-state index contributed by atoms with van der Waals surface area (Å²) < 4.78 is 0. The molecule has 0 unspecified atom stereocenters. The van der Waals surface area contributed by atoms with Crippen LogP contribution in [0.25, 0.3) is 0 Å². The molecule has 0 atom stereocenters. The lowest BCUT2D eigenvalue weighted by atomic mass is 10.2. The van der Waals surface area contributed by atoms with Gasteiger partial charge in [-0.2, -0.15) is 0 Å². The molecule has 0 spiro atoms. The SMILES string of the molecule is NCCN(Cc1cccnc1)Cc1cccnc1. The van der Waals surface area contributed by atoms with E-state index in [0.717, 1.165) is 19.6 Å². The van der Waals surface area contributed by atoms with Gasteiger partial charge < -0.3 is 5.73 Å². The topological polar surface area (TPSA) is 55.0 Å². The molecule has 0 aliphatic rings. The molecule has 4 heteroatoms. The average molecular weight is 242 g/mol. The van der Waals surface area contributed by atoms with E-state index in [2.05, 4.69) is 27.0 Å². The van der Waals surface area contributed by atoms with Gasteiger partial charge in [0.05, 0.1) is 0 Å². The van der Waals surface area contributed by atoms with Gasteiger partial charge in [0, 0.05) is 51.0 Å². The molecule has 2 heterocycles. The first-order valence-electron chi connectivity index (χ1n) is 6.08. The largest absolute Gasteiger partial charge is 0.329 e. The molecule has 18 heavy (non-hydrogen) atoms. The Bertz CT molecular complexity index is 402. The standard InChI is InChI=1S/C14H18N4/c15-5-8-18(11-13-3-1-6-16-9-13)12-14-4-2-7-17-10-14/h1-4,6-7,9-10H,5,8,11-12,15H2. The van der Waals surface area contributed by atoms with Crippen LogP contribution < -0.4 is 5.73 Å². The zero-order valence-electron chi connectivity index (χ0n) is 10.4. The fourth-order valence-corrected chi connectivity index (χ4v) is 1.90. The number of aromatic nitrogens is 2. The van der Waals surface area contributed by atoms with Crippen LogP contribution >= 0.6 is 0 Å². The molecule has 0 fully saturated rings. The van der Waals surface area contributed by atoms with Gasteiger partial charge in [-0.1, -0.05) is 12.1 Å². The molecule has 0 amide bonds. The Morgan fingerprint density at radius 3 is 1.89 bits per heavy atom. The van der Waals surface area contributed by atoms with Gasteiger partial charge in [0.15, 0.2) is 0 Å². The van der Waals surface area contributed by atoms with Crippen molar-refractivity contribution in [1.29, 1.82) is 0 Å². The number of nitrogens with zero attached hydrogens (tertiary/aromatic N) is 3. The summed E-state index contributed by atoms with van der Waals surface area (Å²) in [7, 11) is 0. The van der Waals surface area contributed by atoms with Gasteiger partial charge in [0.25, 0.3) is 0 Å². The third-order valence-electron chi connectivity index (χ3n) is 2.70. The molecule has 0 radical (unpaired) electrons. The average Bonchev–Trinajstić information content (AvgIpc) is 2.41. The van der Waals surface area contributed by atoms with Crippen LogP contribution in [-0.4, -0.2) is 28.0 Å². The summed E-state index contributed by atoms with van der Waals surface area (Å²) in [6, 6.07) is 8.08. The van der Waals surface area contributed by atoms with Crippen LogP contribution in [0.1, 0.15) is 11.1 Å². The molecule has 2 rings (SSSR count). The maximum absolute atomic E-state index is 5.66. The second-order valence-corrected chi connectivity index (χ2v) is 4.22. The highest BCUT2D eigenvalue weighted by Crippen LogP contribution is 2.07. The van der Waals surface area contributed by atoms with Gasteiger partial charge in [-0.3, -0.25) is 14.9 Å². The lowest BCUT2D eigenvalue weighted by molar-refractivity contribution is 0.264. The molecular formula is C14H18N4. The second kappa shape index (κ2) is 6.83. The Morgan fingerprint density at radius 1 is 0.944 bits per heavy atom. The van der Waals surface area contributed by atoms with E-state index in [4.69, 9.17) is 5.73 Å². The van der Waals surface area contributed by atoms with Crippen molar-refractivity contribution in [3.05, 3.63) is 60.2 Å². The maximum Gasteiger partial charge on any atom is 0.0312 e. The Morgan fingerprint density at radius 2 is 1.50 bits per heavy atom. The normalized spacial score (nSPS) is 10.8. The highest BCUT2D eigenvalue weighted by atomic mass is 15.1. The van der Waals surface area contributed by atoms with Gasteiger partial charge >= 0.3 is 0 Å². The number of hydrogen-bond acceptors (Lipinski definition) is 4. The quantitative estimate of drug-likeness (QED) is 0.832. The van der Waals surface area contributed by atoms with Crippen LogP contribution in [0, 0.1) is 0 Å². The van der Waals surface area contributed by atoms with Crippen LogP contribution in [0.15, 0.2) is 49.1 Å². The van der Waals surface area contributed by atoms with Crippen molar-refractivity contribution in [1.82, 2.24) is 14.9 Å². The van der Waals surface area contributed by atoms with Crippen LogP contribution in [0.2, 0.25) is 0 Å². The summed E-state index contributed by atoms with van der Waals surface area (Å²) >= 11 is 0. The summed E-state index contributed by atoms with van der Waals surface area (Å²) in [6.45, 7) is 3.24. The molecule has 0 saturated carbocycles. The molecule has 0 aliphatic heterocycles. The van der Waals surface area contributed by atoms with Crippen LogP contribution in [0.3, 0.4) is 0 Å². The van der Waals surface area contributed by atoms with E-state index in [1.165, 1.54) is 11.1 Å². The minimum atomic E-state index is 0.653. The minimum Gasteiger partial charge on any atom is -0.329 e. The summed E-state index contributed by atoms with van der Waals surface area (Å²) in [5.74, 6) is 0. The predicted octanol–water partition coefficient (Wildman–Crippen LogP) is 1.44. The Kier molecular flexibility index (Phi) is 4.81. The van der Waals surface area contributed by atoms with E-state index >= 15 is 0 Å². The van der Waals surface area contributed by atoms with Crippen LogP contribution in [-0.2, 0) is 13.1 Å². The molecule has 0 aromatic carbocycles. The summed E-state index contributed by atoms with van der Waals surface area (Å²) in [5, 5.41) is 0. The molecule has 2 N–H and O–H groups in total. The predicted molar refractivity (Wildman–Crippen MR) is 71.6 cm³/mol. The molecule has 2 aromatic rings. The highest BCUT2D eigenvalue weighted by Gasteiger charge is 2.06. The van der Waals surface area contributed by atoms with Crippen molar-refractivity contribution >= 4 is 0 Å². The monoisotopic (exact) mass is 242 g/mol. The number of rotatable bonds is 6. The van der Waals surface area contributed by atoms with Gasteiger partial charge in [0.2, 0.25) is 0 Å². The van der Waals surface area contributed by atoms with Crippen molar-refractivity contribution in [3.8, 4) is 0 Å². The first kappa shape index (κ1) is 12.7. The van der Waals surface area contributed by atoms with Crippen molar-refractivity contribution in [3.63, 3.8) is 0 Å². The lowest BCUT2D eigenvalue weighted by Crippen LogP contribution is -2.28. The van der Waals surface area contributed by atoms with E-state index in [1.54, 1.807) is 12.4 Å². The molecule has 94 valence electrons. The number of hydrogen-bond donors (Lipinski definition) is 1. The molecule has 0 bridgehead atoms.